The molecule has 6 nitrogen and oxygen atoms in total. The first-order valence-electron chi connectivity index (χ1n) is 11.2. The van der Waals surface area contributed by atoms with Crippen LogP contribution in [0.1, 0.15) is 49.4 Å². The van der Waals surface area contributed by atoms with E-state index in [2.05, 4.69) is 19.2 Å². The number of rotatable bonds is 9. The highest BCUT2D eigenvalue weighted by atomic mass is 32.2. The van der Waals surface area contributed by atoms with Gasteiger partial charge in [-0.25, -0.2) is 8.42 Å². The molecular formula is C27H32N2O4S. The highest BCUT2D eigenvalue weighted by Crippen LogP contribution is 2.27. The smallest absolute Gasteiger partial charge is 0.264 e. The second-order valence-electron chi connectivity index (χ2n) is 8.60. The topological polar surface area (TPSA) is 75.7 Å². The van der Waals surface area contributed by atoms with Crippen LogP contribution in [0.15, 0.2) is 77.7 Å². The summed E-state index contributed by atoms with van der Waals surface area (Å²) in [6, 6.07) is 21.0. The largest absolute Gasteiger partial charge is 0.496 e. The Bertz CT molecular complexity index is 1220. The number of nitrogens with zero attached hydrogens (tertiary/aromatic N) is 1. The quantitative estimate of drug-likeness (QED) is 0.457. The molecule has 0 heterocycles. The predicted octanol–water partition coefficient (Wildman–Crippen LogP) is 5.20. The van der Waals surface area contributed by atoms with Gasteiger partial charge in [0.25, 0.3) is 10.0 Å². The lowest BCUT2D eigenvalue weighted by Gasteiger charge is -2.26. The molecule has 0 saturated heterocycles. The van der Waals surface area contributed by atoms with E-state index in [1.165, 1.54) is 0 Å². The number of ether oxygens (including phenoxy) is 1. The fraction of sp³-hybridized carbons (Fsp3) is 0.296. The summed E-state index contributed by atoms with van der Waals surface area (Å²) in [5, 5.41) is 2.91. The summed E-state index contributed by atoms with van der Waals surface area (Å²) >= 11 is 0. The van der Waals surface area contributed by atoms with Crippen molar-refractivity contribution in [2.45, 2.75) is 44.6 Å². The molecule has 0 aliphatic carbocycles. The van der Waals surface area contributed by atoms with Gasteiger partial charge >= 0.3 is 0 Å². The van der Waals surface area contributed by atoms with Gasteiger partial charge in [-0.3, -0.25) is 9.10 Å². The zero-order valence-corrected chi connectivity index (χ0v) is 21.1. The van der Waals surface area contributed by atoms with Crippen LogP contribution in [-0.2, 0) is 14.8 Å². The highest BCUT2D eigenvalue weighted by molar-refractivity contribution is 7.92. The Morgan fingerprint density at radius 2 is 1.56 bits per heavy atom. The average molecular weight is 481 g/mol. The number of sulfonamides is 1. The first kappa shape index (κ1) is 25.3. The minimum absolute atomic E-state index is 0.136. The van der Waals surface area contributed by atoms with E-state index in [-0.39, 0.29) is 17.5 Å². The molecule has 180 valence electrons. The number of benzene rings is 3. The normalized spacial score (nSPS) is 12.3. The third-order valence-corrected chi connectivity index (χ3v) is 7.51. The van der Waals surface area contributed by atoms with Gasteiger partial charge in [0, 0.05) is 5.56 Å². The molecule has 1 N–H and O–H groups in total. The number of methoxy groups -OCH3 is 1. The van der Waals surface area contributed by atoms with Crippen molar-refractivity contribution in [3.05, 3.63) is 89.5 Å². The molecule has 0 aromatic heterocycles. The monoisotopic (exact) mass is 480 g/mol. The van der Waals surface area contributed by atoms with Crippen LogP contribution >= 0.6 is 0 Å². The summed E-state index contributed by atoms with van der Waals surface area (Å²) in [4.78, 5) is 13.2. The van der Waals surface area contributed by atoms with Gasteiger partial charge in [0.05, 0.1) is 23.7 Å². The van der Waals surface area contributed by atoms with Crippen molar-refractivity contribution in [2.75, 3.05) is 18.0 Å². The van der Waals surface area contributed by atoms with Gasteiger partial charge in [0.15, 0.2) is 0 Å². The van der Waals surface area contributed by atoms with Crippen LogP contribution in [0.25, 0.3) is 0 Å². The van der Waals surface area contributed by atoms with E-state index in [0.29, 0.717) is 17.4 Å². The highest BCUT2D eigenvalue weighted by Gasteiger charge is 2.28. The fourth-order valence-electron chi connectivity index (χ4n) is 3.70. The molecule has 0 unspecified atom stereocenters. The molecule has 0 spiro atoms. The molecule has 3 aromatic rings. The number of anilines is 1. The van der Waals surface area contributed by atoms with Gasteiger partial charge < -0.3 is 10.1 Å². The molecular weight excluding hydrogens is 448 g/mol. The van der Waals surface area contributed by atoms with E-state index in [1.54, 1.807) is 43.5 Å². The van der Waals surface area contributed by atoms with E-state index in [0.717, 1.165) is 21.0 Å². The number of nitrogens with one attached hydrogen (secondary N) is 1. The van der Waals surface area contributed by atoms with Crippen LogP contribution in [0.5, 0.6) is 5.75 Å². The lowest BCUT2D eigenvalue weighted by Crippen LogP contribution is -2.41. The minimum atomic E-state index is -3.96. The Hall–Kier alpha value is -3.32. The minimum Gasteiger partial charge on any atom is -0.496 e. The van der Waals surface area contributed by atoms with Crippen LogP contribution < -0.4 is 14.4 Å². The second kappa shape index (κ2) is 10.7. The first-order valence-corrected chi connectivity index (χ1v) is 12.7. The summed E-state index contributed by atoms with van der Waals surface area (Å²) < 4.78 is 33.7. The zero-order chi connectivity index (χ0) is 24.9. The molecule has 3 rings (SSSR count). The van der Waals surface area contributed by atoms with Crippen LogP contribution in [0.2, 0.25) is 0 Å². The molecule has 3 aromatic carbocycles. The van der Waals surface area contributed by atoms with Crippen molar-refractivity contribution >= 4 is 21.6 Å². The number of amides is 1. The third-order valence-electron chi connectivity index (χ3n) is 5.73. The van der Waals surface area contributed by atoms with E-state index < -0.39 is 15.9 Å². The van der Waals surface area contributed by atoms with Crippen LogP contribution in [0.4, 0.5) is 5.69 Å². The molecule has 0 radical (unpaired) electrons. The molecule has 0 saturated carbocycles. The Labute approximate surface area is 202 Å². The molecule has 1 atom stereocenters. The fourth-order valence-corrected chi connectivity index (χ4v) is 5.12. The van der Waals surface area contributed by atoms with Crippen molar-refractivity contribution in [1.82, 2.24) is 5.32 Å². The summed E-state index contributed by atoms with van der Waals surface area (Å²) in [5.74, 6) is 0.548. The SMILES string of the molecule is COc1ccccc1[C@@H](C)NC(=O)CN(c1ccc(C(C)C)cc1)S(=O)(=O)c1ccc(C)cc1. The average Bonchev–Trinajstić information content (AvgIpc) is 2.82. The van der Waals surface area contributed by atoms with Gasteiger partial charge in [0.1, 0.15) is 12.3 Å². The maximum absolute atomic E-state index is 13.6. The van der Waals surface area contributed by atoms with Crippen molar-refractivity contribution in [3.8, 4) is 5.75 Å². The van der Waals surface area contributed by atoms with Gasteiger partial charge in [-0.1, -0.05) is 61.9 Å². The standard InChI is InChI=1S/C27H32N2O4S/c1-19(2)22-12-14-23(15-13-22)29(34(31,32)24-16-10-20(3)11-17-24)18-27(30)28-21(4)25-8-6-7-9-26(25)33-5/h6-17,19,21H,18H2,1-5H3,(H,28,30)/t21-/m1/s1. The number of carbonyl (C=O) groups excluding carboxylic acids is 1. The lowest BCUT2D eigenvalue weighted by molar-refractivity contribution is -0.120. The number of hydrogen-bond acceptors (Lipinski definition) is 4. The lowest BCUT2D eigenvalue weighted by atomic mass is 10.0. The summed E-state index contributed by atoms with van der Waals surface area (Å²) in [5.41, 5.74) is 3.29. The molecule has 0 bridgehead atoms. The predicted molar refractivity (Wildman–Crippen MR) is 136 cm³/mol. The van der Waals surface area contributed by atoms with Crippen molar-refractivity contribution in [3.63, 3.8) is 0 Å². The van der Waals surface area contributed by atoms with Crippen molar-refractivity contribution in [2.24, 2.45) is 0 Å². The molecule has 0 aliphatic rings. The van der Waals surface area contributed by atoms with Gasteiger partial charge in [0.2, 0.25) is 5.91 Å². The van der Waals surface area contributed by atoms with Crippen molar-refractivity contribution < 1.29 is 17.9 Å². The maximum atomic E-state index is 13.6. The Morgan fingerprint density at radius 1 is 0.941 bits per heavy atom. The van der Waals surface area contributed by atoms with E-state index >= 15 is 0 Å². The Morgan fingerprint density at radius 3 is 2.15 bits per heavy atom. The molecule has 34 heavy (non-hydrogen) atoms. The van der Waals surface area contributed by atoms with Gasteiger partial charge in [-0.15, -0.1) is 0 Å². The van der Waals surface area contributed by atoms with Crippen molar-refractivity contribution in [1.29, 1.82) is 0 Å². The molecule has 7 heteroatoms. The van der Waals surface area contributed by atoms with E-state index in [1.807, 2.05) is 50.2 Å². The Balaban J connectivity index is 1.92. The second-order valence-corrected chi connectivity index (χ2v) is 10.5. The zero-order valence-electron chi connectivity index (χ0n) is 20.3. The number of carbonyl (C=O) groups is 1. The van der Waals surface area contributed by atoms with Gasteiger partial charge in [-0.2, -0.15) is 0 Å². The Kier molecular flexibility index (Phi) is 7.99. The van der Waals surface area contributed by atoms with Crippen LogP contribution in [-0.4, -0.2) is 28.0 Å². The maximum Gasteiger partial charge on any atom is 0.264 e. The van der Waals surface area contributed by atoms with Crippen LogP contribution in [0, 0.1) is 6.92 Å². The van der Waals surface area contributed by atoms with E-state index in [4.69, 9.17) is 4.74 Å². The number of aryl methyl sites for hydroxylation is 1. The van der Waals surface area contributed by atoms with Crippen LogP contribution in [0.3, 0.4) is 0 Å². The number of hydrogen-bond donors (Lipinski definition) is 1. The third kappa shape index (κ3) is 5.78. The van der Waals surface area contributed by atoms with E-state index in [9.17, 15) is 13.2 Å². The van der Waals surface area contributed by atoms with Gasteiger partial charge in [-0.05, 0) is 55.7 Å². The summed E-state index contributed by atoms with van der Waals surface area (Å²) in [6.07, 6.45) is 0. The number of para-hydroxylation sites is 1. The molecule has 0 aliphatic heterocycles. The summed E-state index contributed by atoms with van der Waals surface area (Å²) in [6.45, 7) is 7.53. The summed E-state index contributed by atoms with van der Waals surface area (Å²) in [7, 11) is -2.39. The first-order chi connectivity index (χ1) is 16.1. The molecule has 0 fully saturated rings. The molecule has 1 amide bonds.